The van der Waals surface area contributed by atoms with Crippen molar-refractivity contribution in [2.75, 3.05) is 0 Å². The quantitative estimate of drug-likeness (QED) is 0.470. The third kappa shape index (κ3) is 1.06. The molecule has 0 aromatic carbocycles. The number of fused-ring (bicyclic) bond motifs is 5. The van der Waals surface area contributed by atoms with Gasteiger partial charge >= 0.3 is 5.97 Å². The van der Waals surface area contributed by atoms with Gasteiger partial charge in [-0.1, -0.05) is 6.08 Å². The fourth-order valence-electron chi connectivity index (χ4n) is 3.83. The highest BCUT2D eigenvalue weighted by Gasteiger charge is 2.52. The van der Waals surface area contributed by atoms with Gasteiger partial charge in [-0.15, -0.1) is 0 Å². The van der Waals surface area contributed by atoms with E-state index in [9.17, 15) is 4.79 Å². The van der Waals surface area contributed by atoms with Crippen molar-refractivity contribution in [2.24, 2.45) is 23.7 Å². The number of hydrogen-bond donors (Lipinski definition) is 0. The van der Waals surface area contributed by atoms with Gasteiger partial charge in [0.25, 0.3) is 0 Å². The smallest absolute Gasteiger partial charge is 0.303 e. The molecule has 2 unspecified atom stereocenters. The van der Waals surface area contributed by atoms with Gasteiger partial charge in [-0.25, -0.2) is 0 Å². The zero-order chi connectivity index (χ0) is 9.71. The molecule has 2 fully saturated rings. The van der Waals surface area contributed by atoms with Crippen LogP contribution in [-0.4, -0.2) is 12.1 Å². The van der Waals surface area contributed by atoms with Crippen LogP contribution in [0.3, 0.4) is 0 Å². The van der Waals surface area contributed by atoms with Crippen molar-refractivity contribution >= 4 is 5.97 Å². The summed E-state index contributed by atoms with van der Waals surface area (Å²) >= 11 is 0. The van der Waals surface area contributed by atoms with E-state index in [1.807, 2.05) is 0 Å². The Morgan fingerprint density at radius 2 is 2.07 bits per heavy atom. The van der Waals surface area contributed by atoms with Gasteiger partial charge in [-0.2, -0.15) is 0 Å². The molecule has 76 valence electrons. The van der Waals surface area contributed by atoms with Gasteiger partial charge in [-0.3, -0.25) is 4.79 Å². The normalized spacial score (nSPS) is 48.2. The Bertz CT molecular complexity index is 295. The lowest BCUT2D eigenvalue weighted by Crippen LogP contribution is -2.29. The highest BCUT2D eigenvalue weighted by atomic mass is 16.5. The lowest BCUT2D eigenvalue weighted by Gasteiger charge is -2.28. The van der Waals surface area contributed by atoms with Crippen LogP contribution in [0.4, 0.5) is 0 Å². The average Bonchev–Trinajstić information content (AvgIpc) is 2.74. The topological polar surface area (TPSA) is 26.3 Å². The van der Waals surface area contributed by atoms with E-state index < -0.39 is 0 Å². The molecule has 0 radical (unpaired) electrons. The van der Waals surface area contributed by atoms with Crippen molar-refractivity contribution in [3.8, 4) is 0 Å². The van der Waals surface area contributed by atoms with Crippen LogP contribution < -0.4 is 0 Å². The second kappa shape index (κ2) is 2.85. The zero-order valence-electron chi connectivity index (χ0n) is 8.48. The first-order chi connectivity index (χ1) is 6.75. The predicted octanol–water partition coefficient (Wildman–Crippen LogP) is 2.15. The van der Waals surface area contributed by atoms with E-state index in [-0.39, 0.29) is 12.1 Å². The Morgan fingerprint density at radius 3 is 2.86 bits per heavy atom. The number of carbonyl (C=O) groups excluding carboxylic acids is 1. The Balaban J connectivity index is 1.79. The van der Waals surface area contributed by atoms with Gasteiger partial charge in [0, 0.05) is 12.8 Å². The molecule has 3 aliphatic rings. The van der Waals surface area contributed by atoms with Gasteiger partial charge in [0.2, 0.25) is 0 Å². The summed E-state index contributed by atoms with van der Waals surface area (Å²) in [4.78, 5) is 10.9. The minimum Gasteiger partial charge on any atom is -0.458 e. The highest BCUT2D eigenvalue weighted by Crippen LogP contribution is 2.56. The third-order valence-corrected chi connectivity index (χ3v) is 4.25. The van der Waals surface area contributed by atoms with Crippen molar-refractivity contribution in [2.45, 2.75) is 32.3 Å². The summed E-state index contributed by atoms with van der Waals surface area (Å²) in [6.45, 7) is 1.51. The van der Waals surface area contributed by atoms with E-state index >= 15 is 0 Å². The molecule has 0 spiro atoms. The van der Waals surface area contributed by atoms with E-state index in [0.717, 1.165) is 17.8 Å². The molecule has 2 saturated carbocycles. The zero-order valence-corrected chi connectivity index (χ0v) is 8.48. The number of carbonyl (C=O) groups is 1. The Morgan fingerprint density at radius 1 is 1.29 bits per heavy atom. The van der Waals surface area contributed by atoms with Crippen molar-refractivity contribution in [1.29, 1.82) is 0 Å². The van der Waals surface area contributed by atoms with Gasteiger partial charge in [-0.05, 0) is 43.1 Å². The van der Waals surface area contributed by atoms with Crippen LogP contribution in [0.15, 0.2) is 12.2 Å². The van der Waals surface area contributed by atoms with E-state index in [1.165, 1.54) is 26.2 Å². The molecule has 0 N–H and O–H groups in total. The van der Waals surface area contributed by atoms with Crippen molar-refractivity contribution in [3.05, 3.63) is 12.2 Å². The van der Waals surface area contributed by atoms with Crippen molar-refractivity contribution < 1.29 is 9.53 Å². The molecule has 2 bridgehead atoms. The summed E-state index contributed by atoms with van der Waals surface area (Å²) in [5.41, 5.74) is 0. The largest absolute Gasteiger partial charge is 0.458 e. The minimum atomic E-state index is -0.136. The summed E-state index contributed by atoms with van der Waals surface area (Å²) in [5, 5.41) is 0. The standard InChI is InChI=1S/C12H16O2/c1-7(13)14-11-5-4-10-8-2-3-9(6-8)12(10)11/h4-5,8-12H,2-3,6H2,1H3/t8-,9+,10?,11+,12?/m0/s1. The lowest BCUT2D eigenvalue weighted by molar-refractivity contribution is -0.147. The molecule has 5 atom stereocenters. The molecule has 2 nitrogen and oxygen atoms in total. The number of rotatable bonds is 1. The summed E-state index contributed by atoms with van der Waals surface area (Å²) in [5.74, 6) is 2.92. The van der Waals surface area contributed by atoms with Crippen LogP contribution in [0.2, 0.25) is 0 Å². The summed E-state index contributed by atoms with van der Waals surface area (Å²) in [6, 6.07) is 0. The molecule has 0 saturated heterocycles. The van der Waals surface area contributed by atoms with Gasteiger partial charge in [0.15, 0.2) is 0 Å². The van der Waals surface area contributed by atoms with E-state index in [1.54, 1.807) is 0 Å². The Labute approximate surface area is 84.3 Å². The first kappa shape index (κ1) is 8.51. The highest BCUT2D eigenvalue weighted by molar-refractivity contribution is 5.66. The van der Waals surface area contributed by atoms with Crippen LogP contribution >= 0.6 is 0 Å². The first-order valence-electron chi connectivity index (χ1n) is 5.61. The molecule has 3 aliphatic carbocycles. The van der Waals surface area contributed by atoms with Crippen molar-refractivity contribution in [1.82, 2.24) is 0 Å². The molecule has 0 aromatic heterocycles. The molecule has 0 aliphatic heterocycles. The second-order valence-corrected chi connectivity index (χ2v) is 4.95. The molecule has 0 heterocycles. The Kier molecular flexibility index (Phi) is 1.73. The molecular weight excluding hydrogens is 176 g/mol. The molecule has 2 heteroatoms. The van der Waals surface area contributed by atoms with Crippen LogP contribution in [0.5, 0.6) is 0 Å². The maximum atomic E-state index is 10.9. The third-order valence-electron chi connectivity index (χ3n) is 4.25. The summed E-state index contributed by atoms with van der Waals surface area (Å²) in [7, 11) is 0. The van der Waals surface area contributed by atoms with Crippen LogP contribution in [0, 0.1) is 23.7 Å². The number of esters is 1. The number of hydrogen-bond acceptors (Lipinski definition) is 2. The summed E-state index contributed by atoms with van der Waals surface area (Å²) in [6.07, 6.45) is 8.61. The fraction of sp³-hybridized carbons (Fsp3) is 0.750. The predicted molar refractivity (Wildman–Crippen MR) is 52.5 cm³/mol. The van der Waals surface area contributed by atoms with Crippen LogP contribution in [0.25, 0.3) is 0 Å². The maximum absolute atomic E-state index is 10.9. The van der Waals surface area contributed by atoms with Crippen molar-refractivity contribution in [3.63, 3.8) is 0 Å². The van der Waals surface area contributed by atoms with Crippen LogP contribution in [-0.2, 0) is 9.53 Å². The fourth-order valence-corrected chi connectivity index (χ4v) is 3.83. The molecule has 14 heavy (non-hydrogen) atoms. The van der Waals surface area contributed by atoms with Gasteiger partial charge in [0.05, 0.1) is 0 Å². The maximum Gasteiger partial charge on any atom is 0.303 e. The van der Waals surface area contributed by atoms with Gasteiger partial charge < -0.3 is 4.74 Å². The van der Waals surface area contributed by atoms with E-state index in [4.69, 9.17) is 4.74 Å². The SMILES string of the molecule is CC(=O)O[C@@H]1C=CC2C1[C@@H]1CC[C@H]2C1. The molecule has 3 rings (SSSR count). The molecule has 0 amide bonds. The first-order valence-corrected chi connectivity index (χ1v) is 5.61. The minimum absolute atomic E-state index is 0.0906. The number of ether oxygens (including phenoxy) is 1. The number of allylic oxidation sites excluding steroid dienone is 1. The van der Waals surface area contributed by atoms with Gasteiger partial charge in [0.1, 0.15) is 6.10 Å². The average molecular weight is 192 g/mol. The van der Waals surface area contributed by atoms with Crippen LogP contribution in [0.1, 0.15) is 26.2 Å². The Hall–Kier alpha value is -0.790. The monoisotopic (exact) mass is 192 g/mol. The van der Waals surface area contributed by atoms with E-state index in [2.05, 4.69) is 12.2 Å². The summed E-state index contributed by atoms with van der Waals surface area (Å²) < 4.78 is 5.35. The van der Waals surface area contributed by atoms with E-state index in [0.29, 0.717) is 5.92 Å². The molecular formula is C12H16O2. The molecule has 0 aromatic rings. The lowest BCUT2D eigenvalue weighted by atomic mass is 9.80. The second-order valence-electron chi connectivity index (χ2n) is 4.95.